The minimum absolute atomic E-state index is 0.152. The normalized spacial score (nSPS) is 10.9. The van der Waals surface area contributed by atoms with Crippen molar-refractivity contribution in [3.8, 4) is 22.8 Å². The van der Waals surface area contributed by atoms with Gasteiger partial charge in [-0.25, -0.2) is 14.6 Å². The summed E-state index contributed by atoms with van der Waals surface area (Å²) in [6.07, 6.45) is 2.92. The average molecular weight is 347 g/mol. The molecule has 7 nitrogen and oxygen atoms in total. The van der Waals surface area contributed by atoms with Crippen molar-refractivity contribution in [3.05, 3.63) is 48.4 Å². The van der Waals surface area contributed by atoms with Crippen LogP contribution in [0.25, 0.3) is 11.1 Å². The van der Waals surface area contributed by atoms with E-state index in [1.54, 1.807) is 30.3 Å². The molecule has 0 unspecified atom stereocenters. The van der Waals surface area contributed by atoms with Crippen LogP contribution in [0.3, 0.4) is 0 Å². The number of ether oxygens (including phenoxy) is 2. The van der Waals surface area contributed by atoms with Crippen LogP contribution in [0.15, 0.2) is 42.9 Å². The molecule has 2 heterocycles. The quantitative estimate of drug-likeness (QED) is 0.737. The number of hydrogen-bond donors (Lipinski definition) is 1. The second kappa shape index (κ2) is 7.12. The number of rotatable bonds is 6. The van der Waals surface area contributed by atoms with Gasteiger partial charge < -0.3 is 15.2 Å². The van der Waals surface area contributed by atoms with Crippen molar-refractivity contribution in [1.29, 1.82) is 0 Å². The summed E-state index contributed by atoms with van der Waals surface area (Å²) in [6.45, 7) is -2.64. The summed E-state index contributed by atoms with van der Waals surface area (Å²) in [7, 11) is 1.53. The first-order chi connectivity index (χ1) is 12.0. The van der Waals surface area contributed by atoms with Gasteiger partial charge >= 0.3 is 6.61 Å². The molecule has 0 fully saturated rings. The Morgan fingerprint density at radius 2 is 2.08 bits per heavy atom. The molecule has 0 atom stereocenters. The van der Waals surface area contributed by atoms with Crippen LogP contribution in [0.2, 0.25) is 0 Å². The average Bonchev–Trinajstić information content (AvgIpc) is 3.00. The fourth-order valence-corrected chi connectivity index (χ4v) is 2.33. The van der Waals surface area contributed by atoms with Gasteiger partial charge in [0, 0.05) is 11.8 Å². The number of alkyl halides is 2. The van der Waals surface area contributed by atoms with Crippen LogP contribution in [0.5, 0.6) is 11.6 Å². The minimum Gasteiger partial charge on any atom is -0.497 e. The highest BCUT2D eigenvalue weighted by Crippen LogP contribution is 2.32. The van der Waals surface area contributed by atoms with Gasteiger partial charge in [0.1, 0.15) is 12.1 Å². The summed E-state index contributed by atoms with van der Waals surface area (Å²) in [6, 6.07) is 8.69. The summed E-state index contributed by atoms with van der Waals surface area (Å²) in [5.41, 5.74) is 7.28. The van der Waals surface area contributed by atoms with Gasteiger partial charge in [-0.3, -0.25) is 0 Å². The Balaban J connectivity index is 2.00. The lowest BCUT2D eigenvalue weighted by Crippen LogP contribution is -2.07. The summed E-state index contributed by atoms with van der Waals surface area (Å²) in [5, 5.41) is 3.99. The third-order valence-corrected chi connectivity index (χ3v) is 3.39. The van der Waals surface area contributed by atoms with Crippen molar-refractivity contribution >= 4 is 5.95 Å². The van der Waals surface area contributed by atoms with Gasteiger partial charge in [0.2, 0.25) is 11.8 Å². The standard InChI is InChI=1S/C16H15F2N5O2/c1-24-12-4-2-3-11(6-12)13-5-10(7-20-14(13)25-15(17)18)8-23-9-21-16(19)22-23/h2-7,9,15H,8H2,1H3,(H2,19,22). The molecular weight excluding hydrogens is 332 g/mol. The number of pyridine rings is 1. The lowest BCUT2D eigenvalue weighted by Gasteiger charge is -2.12. The molecule has 1 aromatic carbocycles. The van der Waals surface area contributed by atoms with Crippen molar-refractivity contribution in [2.75, 3.05) is 12.8 Å². The summed E-state index contributed by atoms with van der Waals surface area (Å²) in [5.74, 6) is 0.582. The molecule has 9 heteroatoms. The molecule has 0 aliphatic rings. The molecule has 0 saturated heterocycles. The summed E-state index contributed by atoms with van der Waals surface area (Å²) in [4.78, 5) is 7.86. The van der Waals surface area contributed by atoms with Crippen LogP contribution in [0, 0.1) is 0 Å². The number of aromatic nitrogens is 4. The molecule has 0 aliphatic carbocycles. The molecule has 0 aliphatic heterocycles. The van der Waals surface area contributed by atoms with Crippen LogP contribution >= 0.6 is 0 Å². The maximum Gasteiger partial charge on any atom is 0.388 e. The van der Waals surface area contributed by atoms with Crippen LogP contribution in [0.4, 0.5) is 14.7 Å². The van der Waals surface area contributed by atoms with Crippen LogP contribution in [0.1, 0.15) is 5.56 Å². The van der Waals surface area contributed by atoms with Gasteiger partial charge in [-0.05, 0) is 29.3 Å². The molecule has 0 amide bonds. The van der Waals surface area contributed by atoms with E-state index in [9.17, 15) is 8.78 Å². The molecule has 0 bridgehead atoms. The zero-order valence-electron chi connectivity index (χ0n) is 13.3. The molecule has 0 radical (unpaired) electrons. The minimum atomic E-state index is -2.97. The van der Waals surface area contributed by atoms with E-state index in [0.29, 0.717) is 23.4 Å². The van der Waals surface area contributed by atoms with Gasteiger partial charge in [0.15, 0.2) is 0 Å². The van der Waals surface area contributed by atoms with Crippen molar-refractivity contribution in [2.45, 2.75) is 13.2 Å². The number of benzene rings is 1. The Morgan fingerprint density at radius 1 is 1.24 bits per heavy atom. The third kappa shape index (κ3) is 4.00. The molecule has 0 spiro atoms. The Hall–Kier alpha value is -3.23. The Labute approximate surface area is 142 Å². The highest BCUT2D eigenvalue weighted by molar-refractivity contribution is 5.70. The predicted octanol–water partition coefficient (Wildman–Crippen LogP) is 2.58. The SMILES string of the molecule is COc1cccc(-c2cc(Cn3cnc(N)n3)cnc2OC(F)F)c1. The van der Waals surface area contributed by atoms with Gasteiger partial charge in [-0.2, -0.15) is 8.78 Å². The van der Waals surface area contributed by atoms with Gasteiger partial charge in [0.25, 0.3) is 0 Å². The first-order valence-corrected chi connectivity index (χ1v) is 7.28. The van der Waals surface area contributed by atoms with Gasteiger partial charge in [-0.15, -0.1) is 5.10 Å². The smallest absolute Gasteiger partial charge is 0.388 e. The zero-order chi connectivity index (χ0) is 17.8. The van der Waals surface area contributed by atoms with E-state index in [0.717, 1.165) is 5.56 Å². The zero-order valence-corrected chi connectivity index (χ0v) is 13.3. The van der Waals surface area contributed by atoms with Crippen molar-refractivity contribution < 1.29 is 18.3 Å². The summed E-state index contributed by atoms with van der Waals surface area (Å²) >= 11 is 0. The second-order valence-corrected chi connectivity index (χ2v) is 5.11. The number of nitrogens with zero attached hydrogens (tertiary/aromatic N) is 4. The van der Waals surface area contributed by atoms with Crippen LogP contribution < -0.4 is 15.2 Å². The highest BCUT2D eigenvalue weighted by atomic mass is 19.3. The Kier molecular flexibility index (Phi) is 4.73. The van der Waals surface area contributed by atoms with E-state index in [1.165, 1.54) is 24.3 Å². The lowest BCUT2D eigenvalue weighted by molar-refractivity contribution is -0.0524. The first-order valence-electron chi connectivity index (χ1n) is 7.28. The topological polar surface area (TPSA) is 88.1 Å². The van der Waals surface area contributed by atoms with Crippen LogP contribution in [-0.2, 0) is 6.54 Å². The van der Waals surface area contributed by atoms with E-state index in [2.05, 4.69) is 19.8 Å². The molecule has 130 valence electrons. The maximum absolute atomic E-state index is 12.7. The summed E-state index contributed by atoms with van der Waals surface area (Å²) < 4.78 is 36.6. The molecule has 2 aromatic heterocycles. The maximum atomic E-state index is 12.7. The molecule has 3 aromatic rings. The molecular formula is C16H15F2N5O2. The largest absolute Gasteiger partial charge is 0.497 e. The first kappa shape index (κ1) is 16.6. The number of nitrogen functional groups attached to an aromatic ring is 1. The van der Waals surface area contributed by atoms with Crippen LogP contribution in [-0.4, -0.2) is 33.5 Å². The number of methoxy groups -OCH3 is 1. The second-order valence-electron chi connectivity index (χ2n) is 5.11. The van der Waals surface area contributed by atoms with Gasteiger partial charge in [-0.1, -0.05) is 12.1 Å². The van der Waals surface area contributed by atoms with Gasteiger partial charge in [0.05, 0.1) is 13.7 Å². The fourth-order valence-electron chi connectivity index (χ4n) is 2.33. The molecule has 25 heavy (non-hydrogen) atoms. The number of hydrogen-bond acceptors (Lipinski definition) is 6. The molecule has 0 saturated carbocycles. The fraction of sp³-hybridized carbons (Fsp3) is 0.188. The highest BCUT2D eigenvalue weighted by Gasteiger charge is 2.15. The van der Waals surface area contributed by atoms with Crippen molar-refractivity contribution in [2.24, 2.45) is 0 Å². The van der Waals surface area contributed by atoms with E-state index >= 15 is 0 Å². The number of anilines is 1. The predicted molar refractivity (Wildman–Crippen MR) is 86.4 cm³/mol. The third-order valence-electron chi connectivity index (χ3n) is 3.39. The van der Waals surface area contributed by atoms with E-state index < -0.39 is 6.61 Å². The lowest BCUT2D eigenvalue weighted by atomic mass is 10.0. The van der Waals surface area contributed by atoms with Crippen molar-refractivity contribution in [3.63, 3.8) is 0 Å². The van der Waals surface area contributed by atoms with E-state index in [4.69, 9.17) is 10.5 Å². The Morgan fingerprint density at radius 3 is 2.76 bits per heavy atom. The van der Waals surface area contributed by atoms with Crippen molar-refractivity contribution in [1.82, 2.24) is 19.7 Å². The monoisotopic (exact) mass is 347 g/mol. The number of halogens is 2. The van der Waals surface area contributed by atoms with E-state index in [-0.39, 0.29) is 11.8 Å². The molecule has 3 rings (SSSR count). The Bertz CT molecular complexity index is 869. The van der Waals surface area contributed by atoms with E-state index in [1.807, 2.05) is 0 Å². The molecule has 2 N–H and O–H groups in total. The number of nitrogens with two attached hydrogens (primary N) is 1.